The van der Waals surface area contributed by atoms with Crippen molar-refractivity contribution in [1.29, 1.82) is 0 Å². The highest BCUT2D eigenvalue weighted by atomic mass is 16.5. The number of nitrogens with two attached hydrogens (primary N) is 1. The fourth-order valence-electron chi connectivity index (χ4n) is 1.67. The van der Waals surface area contributed by atoms with Crippen LogP contribution in [0.25, 0.3) is 5.69 Å². The van der Waals surface area contributed by atoms with E-state index < -0.39 is 0 Å². The van der Waals surface area contributed by atoms with E-state index in [-0.39, 0.29) is 11.6 Å². The molecule has 1 amide bonds. The average Bonchev–Trinajstić information content (AvgIpc) is 3.10. The summed E-state index contributed by atoms with van der Waals surface area (Å²) in [6.07, 6.45) is 3.08. The highest BCUT2D eigenvalue weighted by Crippen LogP contribution is 2.11. The molecule has 0 fully saturated rings. The van der Waals surface area contributed by atoms with Crippen LogP contribution in [0.2, 0.25) is 0 Å². The normalized spacial score (nSPS) is 10.4. The van der Waals surface area contributed by atoms with E-state index in [4.69, 9.17) is 5.73 Å². The molecule has 7 heteroatoms. The van der Waals surface area contributed by atoms with Gasteiger partial charge in [-0.15, -0.1) is 0 Å². The smallest absolute Gasteiger partial charge is 0.277 e. The molecule has 0 saturated heterocycles. The first kappa shape index (κ1) is 12.0. The summed E-state index contributed by atoms with van der Waals surface area (Å²) in [5, 5.41) is 10.4. The number of nitrogens with zero attached hydrogens (tertiary/aromatic N) is 3. The summed E-state index contributed by atoms with van der Waals surface area (Å²) in [4.78, 5) is 11.9. The van der Waals surface area contributed by atoms with Gasteiger partial charge in [0.15, 0.2) is 11.5 Å². The molecule has 3 rings (SSSR count). The van der Waals surface area contributed by atoms with E-state index in [1.807, 2.05) is 12.1 Å². The van der Waals surface area contributed by atoms with Crippen LogP contribution in [0, 0.1) is 0 Å². The Morgan fingerprint density at radius 2 is 2.00 bits per heavy atom. The second kappa shape index (κ2) is 4.88. The third-order valence-electron chi connectivity index (χ3n) is 2.66. The third-order valence-corrected chi connectivity index (χ3v) is 2.66. The van der Waals surface area contributed by atoms with Gasteiger partial charge in [-0.3, -0.25) is 4.79 Å². The Hall–Kier alpha value is -3.09. The summed E-state index contributed by atoms with van der Waals surface area (Å²) in [5.74, 6) is -0.00914. The molecule has 0 bridgehead atoms. The van der Waals surface area contributed by atoms with Crippen LogP contribution in [0.5, 0.6) is 0 Å². The molecule has 0 aliphatic carbocycles. The summed E-state index contributed by atoms with van der Waals surface area (Å²) in [7, 11) is 0. The molecular weight excluding hydrogens is 258 g/mol. The van der Waals surface area contributed by atoms with Gasteiger partial charge in [0.1, 0.15) is 6.26 Å². The molecule has 0 atom stereocenters. The number of nitrogens with one attached hydrogen (secondary N) is 1. The van der Waals surface area contributed by atoms with E-state index in [9.17, 15) is 4.79 Å². The van der Waals surface area contributed by atoms with Gasteiger partial charge in [-0.05, 0) is 30.3 Å². The van der Waals surface area contributed by atoms with E-state index in [0.717, 1.165) is 5.69 Å². The van der Waals surface area contributed by atoms with Gasteiger partial charge in [0.05, 0.1) is 5.69 Å². The van der Waals surface area contributed by atoms with Crippen molar-refractivity contribution in [3.05, 3.63) is 54.6 Å². The molecule has 1 aromatic carbocycles. The van der Waals surface area contributed by atoms with Crippen LogP contribution in [-0.4, -0.2) is 20.8 Å². The van der Waals surface area contributed by atoms with Crippen molar-refractivity contribution in [2.45, 2.75) is 0 Å². The van der Waals surface area contributed by atoms with Crippen molar-refractivity contribution in [3.63, 3.8) is 0 Å². The Bertz CT molecular complexity index is 716. The van der Waals surface area contributed by atoms with Crippen molar-refractivity contribution >= 4 is 17.4 Å². The number of carbonyl (C=O) groups is 1. The zero-order chi connectivity index (χ0) is 13.9. The lowest BCUT2D eigenvalue weighted by molar-refractivity contribution is 0.102. The van der Waals surface area contributed by atoms with E-state index >= 15 is 0 Å². The van der Waals surface area contributed by atoms with Gasteiger partial charge in [0, 0.05) is 18.0 Å². The molecule has 7 nitrogen and oxygen atoms in total. The molecule has 2 aromatic heterocycles. The monoisotopic (exact) mass is 269 g/mol. The van der Waals surface area contributed by atoms with Gasteiger partial charge in [0.2, 0.25) is 0 Å². The fraction of sp³-hybridized carbons (Fsp3) is 0. The minimum Gasteiger partial charge on any atom is -0.399 e. The highest BCUT2D eigenvalue weighted by Gasteiger charge is 2.11. The van der Waals surface area contributed by atoms with Crippen LogP contribution in [0.4, 0.5) is 11.5 Å². The number of nitrogen functional groups attached to an aromatic ring is 1. The number of amides is 1. The molecule has 0 unspecified atom stereocenters. The molecular formula is C13H11N5O2. The van der Waals surface area contributed by atoms with Crippen LogP contribution >= 0.6 is 0 Å². The van der Waals surface area contributed by atoms with Crippen molar-refractivity contribution < 1.29 is 9.32 Å². The summed E-state index contributed by atoms with van der Waals surface area (Å²) < 4.78 is 6.23. The van der Waals surface area contributed by atoms with Crippen LogP contribution in [0.3, 0.4) is 0 Å². The fourth-order valence-corrected chi connectivity index (χ4v) is 1.67. The maximum Gasteiger partial charge on any atom is 0.277 e. The molecule has 20 heavy (non-hydrogen) atoms. The zero-order valence-corrected chi connectivity index (χ0v) is 10.4. The Morgan fingerprint density at radius 1 is 1.20 bits per heavy atom. The second-order valence-corrected chi connectivity index (χ2v) is 4.08. The molecule has 0 aliphatic rings. The third kappa shape index (κ3) is 2.37. The van der Waals surface area contributed by atoms with Crippen LogP contribution in [0.1, 0.15) is 10.5 Å². The maximum atomic E-state index is 11.9. The SMILES string of the molecule is Nc1ccc(-n2ccc(C(=O)Nc3ccon3)n2)cc1. The number of aromatic nitrogens is 3. The summed E-state index contributed by atoms with van der Waals surface area (Å²) >= 11 is 0. The van der Waals surface area contributed by atoms with Crippen LogP contribution in [0.15, 0.2) is 53.4 Å². The zero-order valence-electron chi connectivity index (χ0n) is 10.4. The molecule has 3 N–H and O–H groups in total. The van der Waals surface area contributed by atoms with Crippen LogP contribution in [-0.2, 0) is 0 Å². The standard InChI is InChI=1S/C13H11N5O2/c14-9-1-3-10(4-2-9)18-7-5-11(16-18)13(19)15-12-6-8-20-17-12/h1-8H,14H2,(H,15,17,19). The van der Waals surface area contributed by atoms with Crippen molar-refractivity contribution in [1.82, 2.24) is 14.9 Å². The Labute approximate surface area is 114 Å². The number of benzene rings is 1. The summed E-state index contributed by atoms with van der Waals surface area (Å²) in [5.41, 5.74) is 7.40. The molecule has 3 aromatic rings. The van der Waals surface area contributed by atoms with E-state index in [1.165, 1.54) is 6.26 Å². The first-order valence-corrected chi connectivity index (χ1v) is 5.86. The van der Waals surface area contributed by atoms with E-state index in [0.29, 0.717) is 11.5 Å². The van der Waals surface area contributed by atoms with Crippen molar-refractivity contribution in [3.8, 4) is 5.69 Å². The average molecular weight is 269 g/mol. The van der Waals surface area contributed by atoms with Gasteiger partial charge in [-0.2, -0.15) is 5.10 Å². The lowest BCUT2D eigenvalue weighted by Crippen LogP contribution is -2.13. The van der Waals surface area contributed by atoms with E-state index in [1.54, 1.807) is 35.1 Å². The Kier molecular flexibility index (Phi) is 2.92. The highest BCUT2D eigenvalue weighted by molar-refractivity contribution is 6.02. The Morgan fingerprint density at radius 3 is 2.70 bits per heavy atom. The van der Waals surface area contributed by atoms with Crippen LogP contribution < -0.4 is 11.1 Å². The van der Waals surface area contributed by atoms with Crippen molar-refractivity contribution in [2.24, 2.45) is 0 Å². The first-order valence-electron chi connectivity index (χ1n) is 5.86. The Balaban J connectivity index is 1.79. The minimum absolute atomic E-state index is 0.282. The molecule has 0 aliphatic heterocycles. The quantitative estimate of drug-likeness (QED) is 0.705. The maximum absolute atomic E-state index is 11.9. The predicted molar refractivity (Wildman–Crippen MR) is 72.4 cm³/mol. The lowest BCUT2D eigenvalue weighted by Gasteiger charge is -2.01. The molecule has 2 heterocycles. The van der Waals surface area contributed by atoms with Gasteiger partial charge in [-0.25, -0.2) is 4.68 Å². The number of carbonyl (C=O) groups excluding carboxylic acids is 1. The predicted octanol–water partition coefficient (Wildman–Crippen LogP) is 1.69. The largest absolute Gasteiger partial charge is 0.399 e. The van der Waals surface area contributed by atoms with Gasteiger partial charge in [0.25, 0.3) is 5.91 Å². The molecule has 0 radical (unpaired) electrons. The second-order valence-electron chi connectivity index (χ2n) is 4.08. The van der Waals surface area contributed by atoms with Crippen molar-refractivity contribution in [2.75, 3.05) is 11.1 Å². The van der Waals surface area contributed by atoms with Gasteiger partial charge >= 0.3 is 0 Å². The number of rotatable bonds is 3. The topological polar surface area (TPSA) is 99.0 Å². The summed E-state index contributed by atoms with van der Waals surface area (Å²) in [6.45, 7) is 0. The van der Waals surface area contributed by atoms with E-state index in [2.05, 4.69) is 20.1 Å². The number of hydrogen-bond donors (Lipinski definition) is 2. The molecule has 0 spiro atoms. The van der Waals surface area contributed by atoms with Gasteiger partial charge < -0.3 is 15.6 Å². The van der Waals surface area contributed by atoms with Gasteiger partial charge in [-0.1, -0.05) is 5.16 Å². The lowest BCUT2D eigenvalue weighted by atomic mass is 10.3. The number of anilines is 2. The minimum atomic E-state index is -0.354. The number of hydrogen-bond acceptors (Lipinski definition) is 5. The molecule has 0 saturated carbocycles. The summed E-state index contributed by atoms with van der Waals surface area (Å²) in [6, 6.07) is 10.3. The molecule has 100 valence electrons. The first-order chi connectivity index (χ1) is 9.72.